The number of para-hydroxylation sites is 1. The molecule has 0 atom stereocenters. The largest absolute Gasteiger partial charge is 0.340 e. The summed E-state index contributed by atoms with van der Waals surface area (Å²) in [6.07, 6.45) is 1.29. The quantitative estimate of drug-likeness (QED) is 0.764. The van der Waals surface area contributed by atoms with Crippen molar-refractivity contribution in [2.75, 3.05) is 10.6 Å². The Labute approximate surface area is 138 Å². The van der Waals surface area contributed by atoms with Crippen molar-refractivity contribution < 1.29 is 9.18 Å². The van der Waals surface area contributed by atoms with E-state index in [4.69, 9.17) is 0 Å². The van der Waals surface area contributed by atoms with Gasteiger partial charge in [0.1, 0.15) is 23.7 Å². The zero-order chi connectivity index (χ0) is 16.9. The van der Waals surface area contributed by atoms with Crippen molar-refractivity contribution in [3.8, 4) is 0 Å². The normalized spacial score (nSPS) is 10.2. The lowest BCUT2D eigenvalue weighted by atomic mass is 10.2. The van der Waals surface area contributed by atoms with Gasteiger partial charge in [-0.15, -0.1) is 0 Å². The predicted octanol–water partition coefficient (Wildman–Crippen LogP) is 3.92. The third-order valence-corrected chi connectivity index (χ3v) is 3.31. The molecule has 2 aromatic carbocycles. The van der Waals surface area contributed by atoms with Crippen LogP contribution in [0, 0.1) is 12.7 Å². The third kappa shape index (κ3) is 3.73. The second-order valence-corrected chi connectivity index (χ2v) is 5.22. The summed E-state index contributed by atoms with van der Waals surface area (Å²) in [5.41, 5.74) is 2.21. The third-order valence-electron chi connectivity index (χ3n) is 3.31. The Kier molecular flexibility index (Phi) is 4.47. The molecule has 6 heteroatoms. The van der Waals surface area contributed by atoms with Gasteiger partial charge in [-0.3, -0.25) is 4.79 Å². The summed E-state index contributed by atoms with van der Waals surface area (Å²) in [4.78, 5) is 20.3. The first-order valence-corrected chi connectivity index (χ1v) is 7.33. The summed E-state index contributed by atoms with van der Waals surface area (Å²) in [6, 6.07) is 15.2. The van der Waals surface area contributed by atoms with Crippen molar-refractivity contribution in [1.82, 2.24) is 9.97 Å². The molecule has 0 spiro atoms. The minimum absolute atomic E-state index is 0.106. The number of nitrogens with one attached hydrogen (secondary N) is 2. The number of anilines is 3. The van der Waals surface area contributed by atoms with Crippen molar-refractivity contribution in [3.05, 3.63) is 78.0 Å². The van der Waals surface area contributed by atoms with Gasteiger partial charge in [-0.2, -0.15) is 0 Å². The SMILES string of the molecule is Cc1cccc(Nc2cc(C(=O)Nc3ccccc3F)ncn2)c1. The predicted molar refractivity (Wildman–Crippen MR) is 90.8 cm³/mol. The molecule has 120 valence electrons. The topological polar surface area (TPSA) is 66.9 Å². The Morgan fingerprint density at radius 3 is 2.67 bits per heavy atom. The van der Waals surface area contributed by atoms with Crippen LogP contribution in [-0.4, -0.2) is 15.9 Å². The van der Waals surface area contributed by atoms with Crippen LogP contribution in [-0.2, 0) is 0 Å². The number of nitrogens with zero attached hydrogens (tertiary/aromatic N) is 2. The molecule has 0 bridgehead atoms. The van der Waals surface area contributed by atoms with Crippen molar-refractivity contribution in [2.24, 2.45) is 0 Å². The van der Waals surface area contributed by atoms with Crippen LogP contribution < -0.4 is 10.6 Å². The molecule has 1 amide bonds. The van der Waals surface area contributed by atoms with Gasteiger partial charge in [0.25, 0.3) is 5.91 Å². The van der Waals surface area contributed by atoms with E-state index >= 15 is 0 Å². The van der Waals surface area contributed by atoms with Gasteiger partial charge in [-0.1, -0.05) is 24.3 Å². The van der Waals surface area contributed by atoms with Crippen LogP contribution in [0.25, 0.3) is 0 Å². The molecule has 1 aromatic heterocycles. The van der Waals surface area contributed by atoms with Gasteiger partial charge in [-0.05, 0) is 36.8 Å². The number of hydrogen-bond donors (Lipinski definition) is 2. The van der Waals surface area contributed by atoms with Crippen LogP contribution in [0.15, 0.2) is 60.9 Å². The van der Waals surface area contributed by atoms with E-state index < -0.39 is 11.7 Å². The van der Waals surface area contributed by atoms with Gasteiger partial charge in [0, 0.05) is 11.8 Å². The number of rotatable bonds is 4. The summed E-state index contributed by atoms with van der Waals surface area (Å²) in [7, 11) is 0. The first kappa shape index (κ1) is 15.6. The minimum Gasteiger partial charge on any atom is -0.340 e. The lowest BCUT2D eigenvalue weighted by Gasteiger charge is -2.08. The summed E-state index contributed by atoms with van der Waals surface area (Å²) in [5.74, 6) is -0.526. The summed E-state index contributed by atoms with van der Waals surface area (Å²) >= 11 is 0. The Morgan fingerprint density at radius 2 is 1.88 bits per heavy atom. The number of carbonyl (C=O) groups excluding carboxylic acids is 1. The summed E-state index contributed by atoms with van der Waals surface area (Å²) < 4.78 is 13.6. The second kappa shape index (κ2) is 6.87. The maximum Gasteiger partial charge on any atom is 0.274 e. The van der Waals surface area contributed by atoms with E-state index in [1.54, 1.807) is 12.1 Å². The Morgan fingerprint density at radius 1 is 1.04 bits per heavy atom. The molecule has 3 rings (SSSR count). The van der Waals surface area contributed by atoms with Crippen LogP contribution in [0.2, 0.25) is 0 Å². The molecule has 2 N–H and O–H groups in total. The average Bonchev–Trinajstić information content (AvgIpc) is 2.57. The number of amides is 1. The zero-order valence-corrected chi connectivity index (χ0v) is 13.0. The molecule has 0 unspecified atom stereocenters. The lowest BCUT2D eigenvalue weighted by Crippen LogP contribution is -2.15. The Bertz CT molecular complexity index is 882. The number of aromatic nitrogens is 2. The number of benzene rings is 2. The van der Waals surface area contributed by atoms with Crippen LogP contribution in [0.1, 0.15) is 16.1 Å². The van der Waals surface area contributed by atoms with Gasteiger partial charge in [0.2, 0.25) is 0 Å². The molecule has 0 saturated carbocycles. The molecule has 0 aliphatic rings. The zero-order valence-electron chi connectivity index (χ0n) is 13.0. The van der Waals surface area contributed by atoms with Crippen LogP contribution >= 0.6 is 0 Å². The van der Waals surface area contributed by atoms with E-state index in [-0.39, 0.29) is 11.4 Å². The molecule has 0 fully saturated rings. The van der Waals surface area contributed by atoms with Crippen molar-refractivity contribution in [1.29, 1.82) is 0 Å². The van der Waals surface area contributed by atoms with E-state index in [9.17, 15) is 9.18 Å². The van der Waals surface area contributed by atoms with Crippen molar-refractivity contribution in [2.45, 2.75) is 6.92 Å². The number of carbonyl (C=O) groups is 1. The van der Waals surface area contributed by atoms with Crippen LogP contribution in [0.3, 0.4) is 0 Å². The highest BCUT2D eigenvalue weighted by Crippen LogP contribution is 2.17. The molecular weight excluding hydrogens is 307 g/mol. The number of hydrogen-bond acceptors (Lipinski definition) is 4. The van der Waals surface area contributed by atoms with Crippen LogP contribution in [0.5, 0.6) is 0 Å². The molecule has 5 nitrogen and oxygen atoms in total. The monoisotopic (exact) mass is 322 g/mol. The first-order valence-electron chi connectivity index (χ1n) is 7.33. The van der Waals surface area contributed by atoms with Gasteiger partial charge in [0.05, 0.1) is 5.69 Å². The van der Waals surface area contributed by atoms with Crippen LogP contribution in [0.4, 0.5) is 21.6 Å². The van der Waals surface area contributed by atoms with Gasteiger partial charge >= 0.3 is 0 Å². The van der Waals surface area contributed by atoms with Crippen molar-refractivity contribution in [3.63, 3.8) is 0 Å². The average molecular weight is 322 g/mol. The highest BCUT2D eigenvalue weighted by Gasteiger charge is 2.11. The van der Waals surface area contributed by atoms with E-state index in [1.165, 1.54) is 24.5 Å². The molecule has 0 radical (unpaired) electrons. The Balaban J connectivity index is 1.77. The van der Waals surface area contributed by atoms with Crippen molar-refractivity contribution >= 4 is 23.1 Å². The molecule has 1 heterocycles. The van der Waals surface area contributed by atoms with Gasteiger partial charge in [0.15, 0.2) is 0 Å². The maximum absolute atomic E-state index is 13.6. The lowest BCUT2D eigenvalue weighted by molar-refractivity contribution is 0.102. The van der Waals surface area contributed by atoms with Gasteiger partial charge in [-0.25, -0.2) is 14.4 Å². The van der Waals surface area contributed by atoms with Gasteiger partial charge < -0.3 is 10.6 Å². The fourth-order valence-electron chi connectivity index (χ4n) is 2.17. The fourth-order valence-corrected chi connectivity index (χ4v) is 2.17. The molecule has 0 aliphatic heterocycles. The molecular formula is C18H15FN4O. The van der Waals surface area contributed by atoms with E-state index in [2.05, 4.69) is 20.6 Å². The smallest absolute Gasteiger partial charge is 0.274 e. The number of aryl methyl sites for hydroxylation is 1. The first-order chi connectivity index (χ1) is 11.6. The summed E-state index contributed by atoms with van der Waals surface area (Å²) in [6.45, 7) is 1.98. The molecule has 3 aromatic rings. The Hall–Kier alpha value is -3.28. The maximum atomic E-state index is 13.6. The highest BCUT2D eigenvalue weighted by molar-refractivity contribution is 6.03. The molecule has 24 heavy (non-hydrogen) atoms. The highest BCUT2D eigenvalue weighted by atomic mass is 19.1. The second-order valence-electron chi connectivity index (χ2n) is 5.22. The van der Waals surface area contributed by atoms with E-state index in [0.717, 1.165) is 11.3 Å². The number of halogens is 1. The minimum atomic E-state index is -0.505. The van der Waals surface area contributed by atoms with E-state index in [0.29, 0.717) is 5.82 Å². The fraction of sp³-hybridized carbons (Fsp3) is 0.0556. The summed E-state index contributed by atoms with van der Waals surface area (Å²) in [5, 5.41) is 5.60. The van der Waals surface area contributed by atoms with E-state index in [1.807, 2.05) is 31.2 Å². The molecule has 0 aliphatic carbocycles. The molecule has 0 saturated heterocycles. The standard InChI is InChI=1S/C18H15FN4O/c1-12-5-4-6-13(9-12)22-17-10-16(20-11-21-17)18(24)23-15-8-3-2-7-14(15)19/h2-11H,1H3,(H,23,24)(H,20,21,22).